The van der Waals surface area contributed by atoms with Gasteiger partial charge in [-0.3, -0.25) is 0 Å². The number of aliphatic hydroxyl groups is 1. The second-order valence-electron chi connectivity index (χ2n) is 3.66. The summed E-state index contributed by atoms with van der Waals surface area (Å²) in [6.45, 7) is 1.14. The topological polar surface area (TPSA) is 71.6 Å². The number of anilines is 2. The van der Waals surface area contributed by atoms with Crippen LogP contribution in [-0.2, 0) is 4.74 Å². The molecule has 1 fully saturated rings. The summed E-state index contributed by atoms with van der Waals surface area (Å²) in [6, 6.07) is 3.59. The van der Waals surface area contributed by atoms with Gasteiger partial charge < -0.3 is 20.5 Å². The van der Waals surface area contributed by atoms with Gasteiger partial charge in [0.2, 0.25) is 0 Å². The highest BCUT2D eigenvalue weighted by Gasteiger charge is 2.32. The number of nitrogens with two attached hydrogens (primary N) is 1. The first-order valence-corrected chi connectivity index (χ1v) is 4.88. The molecule has 82 valence electrons. The van der Waals surface area contributed by atoms with E-state index >= 15 is 0 Å². The number of nitrogens with zero attached hydrogens (tertiary/aromatic N) is 2. The number of pyridine rings is 1. The zero-order chi connectivity index (χ0) is 10.8. The van der Waals surface area contributed by atoms with Gasteiger partial charge in [0.15, 0.2) is 5.82 Å². The van der Waals surface area contributed by atoms with E-state index in [0.29, 0.717) is 18.8 Å². The lowest BCUT2D eigenvalue weighted by Gasteiger charge is -2.17. The molecule has 2 rings (SSSR count). The summed E-state index contributed by atoms with van der Waals surface area (Å²) in [5.41, 5.74) is 6.43. The molecule has 0 amide bonds. The van der Waals surface area contributed by atoms with Crippen molar-refractivity contribution in [3.8, 4) is 0 Å². The lowest BCUT2D eigenvalue weighted by atomic mass is 10.3. The molecule has 15 heavy (non-hydrogen) atoms. The maximum absolute atomic E-state index is 9.68. The molecule has 1 saturated heterocycles. The molecule has 0 aromatic carbocycles. The van der Waals surface area contributed by atoms with Crippen LogP contribution in [0.15, 0.2) is 18.3 Å². The predicted octanol–water partition coefficient (Wildman–Crippen LogP) is -0.140. The van der Waals surface area contributed by atoms with Crippen LogP contribution in [0.5, 0.6) is 0 Å². The molecule has 0 radical (unpaired) electrons. The SMILES string of the molecule is CO[C@H]1CN(c2ncccc2N)C[C@@H]1O. The molecule has 0 spiro atoms. The Kier molecular flexibility index (Phi) is 2.75. The van der Waals surface area contributed by atoms with E-state index in [4.69, 9.17) is 10.5 Å². The van der Waals surface area contributed by atoms with Gasteiger partial charge in [-0.2, -0.15) is 0 Å². The van der Waals surface area contributed by atoms with Gasteiger partial charge in [0.05, 0.1) is 11.8 Å². The van der Waals surface area contributed by atoms with Crippen LogP contribution in [0.25, 0.3) is 0 Å². The lowest BCUT2D eigenvalue weighted by molar-refractivity contribution is 0.0217. The van der Waals surface area contributed by atoms with Gasteiger partial charge in [-0.15, -0.1) is 0 Å². The Bertz CT molecular complexity index is 345. The molecule has 2 atom stereocenters. The molecule has 5 nitrogen and oxygen atoms in total. The molecule has 0 bridgehead atoms. The molecular weight excluding hydrogens is 194 g/mol. The second-order valence-corrected chi connectivity index (χ2v) is 3.66. The van der Waals surface area contributed by atoms with Gasteiger partial charge >= 0.3 is 0 Å². The van der Waals surface area contributed by atoms with E-state index in [1.807, 2.05) is 4.90 Å². The van der Waals surface area contributed by atoms with E-state index in [9.17, 15) is 5.11 Å². The number of β-amino-alcohol motifs (C(OH)–C–C–N with tert-alkyl or cyclic N) is 1. The van der Waals surface area contributed by atoms with E-state index in [-0.39, 0.29) is 6.10 Å². The Hall–Kier alpha value is -1.33. The van der Waals surface area contributed by atoms with E-state index in [1.165, 1.54) is 0 Å². The minimum atomic E-state index is -0.476. The van der Waals surface area contributed by atoms with Crippen LogP contribution in [0, 0.1) is 0 Å². The minimum absolute atomic E-state index is 0.161. The van der Waals surface area contributed by atoms with E-state index < -0.39 is 6.10 Å². The van der Waals surface area contributed by atoms with Crippen LogP contribution >= 0.6 is 0 Å². The first-order chi connectivity index (χ1) is 7.22. The first-order valence-electron chi connectivity index (χ1n) is 4.88. The predicted molar refractivity (Wildman–Crippen MR) is 57.7 cm³/mol. The third-order valence-corrected chi connectivity index (χ3v) is 2.66. The maximum Gasteiger partial charge on any atom is 0.151 e. The molecule has 1 aliphatic rings. The van der Waals surface area contributed by atoms with Crippen molar-refractivity contribution in [1.29, 1.82) is 0 Å². The fourth-order valence-electron chi connectivity index (χ4n) is 1.83. The number of methoxy groups -OCH3 is 1. The highest BCUT2D eigenvalue weighted by atomic mass is 16.5. The van der Waals surface area contributed by atoms with Crippen LogP contribution in [0.4, 0.5) is 11.5 Å². The number of nitrogen functional groups attached to an aromatic ring is 1. The molecule has 1 aromatic rings. The Labute approximate surface area is 88.5 Å². The Morgan fingerprint density at radius 3 is 3.00 bits per heavy atom. The van der Waals surface area contributed by atoms with Crippen molar-refractivity contribution >= 4 is 11.5 Å². The van der Waals surface area contributed by atoms with Gasteiger partial charge in [0, 0.05) is 26.4 Å². The standard InChI is InChI=1S/C10H15N3O2/c1-15-9-6-13(5-8(9)14)10-7(11)3-2-4-12-10/h2-4,8-9,14H,5-6,11H2,1H3/t8-,9-/m0/s1. The molecule has 3 N–H and O–H groups in total. The molecular formula is C10H15N3O2. The molecule has 1 aromatic heterocycles. The Balaban J connectivity index is 2.17. The summed E-state index contributed by atoms with van der Waals surface area (Å²) in [5, 5.41) is 9.68. The maximum atomic E-state index is 9.68. The monoisotopic (exact) mass is 209 g/mol. The van der Waals surface area contributed by atoms with Crippen molar-refractivity contribution in [3.63, 3.8) is 0 Å². The first kappa shape index (κ1) is 10.2. The number of rotatable bonds is 2. The van der Waals surface area contributed by atoms with E-state index in [2.05, 4.69) is 4.98 Å². The van der Waals surface area contributed by atoms with E-state index in [1.54, 1.807) is 25.4 Å². The van der Waals surface area contributed by atoms with Crippen molar-refractivity contribution in [1.82, 2.24) is 4.98 Å². The summed E-state index contributed by atoms with van der Waals surface area (Å²) in [4.78, 5) is 6.14. The molecule has 0 aliphatic carbocycles. The highest BCUT2D eigenvalue weighted by molar-refractivity contribution is 5.62. The Morgan fingerprint density at radius 1 is 1.60 bits per heavy atom. The van der Waals surface area contributed by atoms with Crippen molar-refractivity contribution < 1.29 is 9.84 Å². The molecule has 2 heterocycles. The van der Waals surface area contributed by atoms with Crippen molar-refractivity contribution in [2.24, 2.45) is 0 Å². The van der Waals surface area contributed by atoms with Gasteiger partial charge in [-0.1, -0.05) is 0 Å². The summed E-state index contributed by atoms with van der Waals surface area (Å²) in [7, 11) is 1.60. The smallest absolute Gasteiger partial charge is 0.151 e. The molecule has 5 heteroatoms. The average Bonchev–Trinajstić information content (AvgIpc) is 2.60. The molecule has 1 aliphatic heterocycles. The fraction of sp³-hybridized carbons (Fsp3) is 0.500. The van der Waals surface area contributed by atoms with Crippen LogP contribution in [0.3, 0.4) is 0 Å². The zero-order valence-electron chi connectivity index (χ0n) is 8.63. The lowest BCUT2D eigenvalue weighted by Crippen LogP contribution is -2.25. The Morgan fingerprint density at radius 2 is 2.40 bits per heavy atom. The van der Waals surface area contributed by atoms with Crippen molar-refractivity contribution in [2.75, 3.05) is 30.8 Å². The quantitative estimate of drug-likeness (QED) is 0.709. The van der Waals surface area contributed by atoms with Gasteiger partial charge in [-0.25, -0.2) is 4.98 Å². The van der Waals surface area contributed by atoms with Crippen LogP contribution in [0.2, 0.25) is 0 Å². The van der Waals surface area contributed by atoms with Gasteiger partial charge in [-0.05, 0) is 12.1 Å². The minimum Gasteiger partial charge on any atom is -0.396 e. The second kappa shape index (κ2) is 4.04. The number of aliphatic hydroxyl groups excluding tert-OH is 1. The van der Waals surface area contributed by atoms with E-state index in [0.717, 1.165) is 5.82 Å². The highest BCUT2D eigenvalue weighted by Crippen LogP contribution is 2.24. The van der Waals surface area contributed by atoms with Crippen molar-refractivity contribution in [2.45, 2.75) is 12.2 Å². The van der Waals surface area contributed by atoms with Gasteiger partial charge in [0.1, 0.15) is 6.10 Å². The summed E-state index contributed by atoms with van der Waals surface area (Å²) >= 11 is 0. The summed E-state index contributed by atoms with van der Waals surface area (Å²) in [6.07, 6.45) is 1.06. The average molecular weight is 209 g/mol. The summed E-state index contributed by atoms with van der Waals surface area (Å²) in [5.74, 6) is 0.719. The summed E-state index contributed by atoms with van der Waals surface area (Å²) < 4.78 is 5.15. The third-order valence-electron chi connectivity index (χ3n) is 2.66. The van der Waals surface area contributed by atoms with Crippen LogP contribution < -0.4 is 10.6 Å². The number of aromatic nitrogens is 1. The van der Waals surface area contributed by atoms with Gasteiger partial charge in [0.25, 0.3) is 0 Å². The molecule has 0 saturated carbocycles. The normalized spacial score (nSPS) is 25.9. The largest absolute Gasteiger partial charge is 0.396 e. The van der Waals surface area contributed by atoms with Crippen LogP contribution in [0.1, 0.15) is 0 Å². The molecule has 0 unspecified atom stereocenters. The van der Waals surface area contributed by atoms with Crippen LogP contribution in [-0.4, -0.2) is 42.5 Å². The van der Waals surface area contributed by atoms with Crippen molar-refractivity contribution in [3.05, 3.63) is 18.3 Å². The number of hydrogen-bond acceptors (Lipinski definition) is 5. The third kappa shape index (κ3) is 1.88. The number of ether oxygens (including phenoxy) is 1. The zero-order valence-corrected chi connectivity index (χ0v) is 8.63. The fourth-order valence-corrected chi connectivity index (χ4v) is 1.83. The number of hydrogen-bond donors (Lipinski definition) is 2.